The molecular formula is C17H14F2N2O2. The zero-order valence-corrected chi connectivity index (χ0v) is 12.4. The Morgan fingerprint density at radius 1 is 1.22 bits per heavy atom. The quantitative estimate of drug-likeness (QED) is 0.662. The molecule has 0 unspecified atom stereocenters. The normalized spacial score (nSPS) is 11.1. The summed E-state index contributed by atoms with van der Waals surface area (Å²) in [5.41, 5.74) is 1.19. The van der Waals surface area contributed by atoms with Crippen LogP contribution in [0.5, 0.6) is 5.75 Å². The van der Waals surface area contributed by atoms with Gasteiger partial charge >= 0.3 is 6.55 Å². The molecule has 0 saturated carbocycles. The van der Waals surface area contributed by atoms with Crippen molar-refractivity contribution in [2.45, 2.75) is 20.1 Å². The molecule has 0 fully saturated rings. The van der Waals surface area contributed by atoms with E-state index in [1.165, 1.54) is 13.0 Å². The van der Waals surface area contributed by atoms with Crippen molar-refractivity contribution in [2.75, 3.05) is 0 Å². The summed E-state index contributed by atoms with van der Waals surface area (Å²) in [6.45, 7) is -1.19. The maximum atomic E-state index is 13.1. The molecule has 6 heteroatoms. The third-order valence-electron chi connectivity index (χ3n) is 3.45. The van der Waals surface area contributed by atoms with Crippen molar-refractivity contribution in [3.8, 4) is 5.75 Å². The zero-order valence-electron chi connectivity index (χ0n) is 12.4. The summed E-state index contributed by atoms with van der Waals surface area (Å²) in [5, 5.41) is 4.10. The Balaban J connectivity index is 1.94. The number of halogens is 2. The van der Waals surface area contributed by atoms with Crippen LogP contribution < -0.4 is 4.74 Å². The van der Waals surface area contributed by atoms with Crippen LogP contribution in [0.15, 0.2) is 48.5 Å². The van der Waals surface area contributed by atoms with Crippen LogP contribution in [-0.2, 0) is 6.61 Å². The minimum atomic E-state index is -2.82. The molecule has 2 aromatic carbocycles. The Kier molecular flexibility index (Phi) is 4.06. The van der Waals surface area contributed by atoms with E-state index in [0.29, 0.717) is 22.4 Å². The monoisotopic (exact) mass is 316 g/mol. The fourth-order valence-electron chi connectivity index (χ4n) is 2.36. The van der Waals surface area contributed by atoms with Crippen LogP contribution in [0.3, 0.4) is 0 Å². The van der Waals surface area contributed by atoms with Crippen LogP contribution in [0, 0.1) is 0 Å². The maximum absolute atomic E-state index is 13.1. The highest BCUT2D eigenvalue weighted by atomic mass is 19.3. The molecule has 1 aromatic heterocycles. The molecule has 0 bridgehead atoms. The Labute approximate surface area is 131 Å². The Morgan fingerprint density at radius 3 is 2.61 bits per heavy atom. The number of aromatic nitrogens is 2. The number of ketones is 1. The average Bonchev–Trinajstić information content (AvgIpc) is 2.93. The third-order valence-corrected chi connectivity index (χ3v) is 3.45. The van der Waals surface area contributed by atoms with Crippen LogP contribution in [0.2, 0.25) is 0 Å². The van der Waals surface area contributed by atoms with E-state index in [1.807, 2.05) is 30.3 Å². The van der Waals surface area contributed by atoms with Gasteiger partial charge in [-0.25, -0.2) is 4.68 Å². The van der Waals surface area contributed by atoms with Crippen molar-refractivity contribution in [1.29, 1.82) is 0 Å². The highest BCUT2D eigenvalue weighted by Crippen LogP contribution is 2.28. The second-order valence-electron chi connectivity index (χ2n) is 5.08. The van der Waals surface area contributed by atoms with E-state index < -0.39 is 6.55 Å². The molecule has 23 heavy (non-hydrogen) atoms. The van der Waals surface area contributed by atoms with Crippen molar-refractivity contribution in [3.05, 3.63) is 59.8 Å². The molecule has 0 aliphatic carbocycles. The Bertz CT molecular complexity index is 844. The van der Waals surface area contributed by atoms with Crippen LogP contribution >= 0.6 is 0 Å². The van der Waals surface area contributed by atoms with E-state index >= 15 is 0 Å². The molecule has 0 spiro atoms. The van der Waals surface area contributed by atoms with Gasteiger partial charge in [-0.05, 0) is 17.7 Å². The SMILES string of the molecule is CC(=O)c1nn(C(F)F)c2cc(OCc3ccccc3)ccc12. The summed E-state index contributed by atoms with van der Waals surface area (Å²) in [6.07, 6.45) is 0. The molecule has 4 nitrogen and oxygen atoms in total. The molecule has 0 aliphatic rings. The number of carbonyl (C=O) groups excluding carboxylic acids is 1. The maximum Gasteiger partial charge on any atom is 0.333 e. The van der Waals surface area contributed by atoms with Crippen LogP contribution in [0.25, 0.3) is 10.9 Å². The number of fused-ring (bicyclic) bond motifs is 1. The van der Waals surface area contributed by atoms with Gasteiger partial charge in [0.15, 0.2) is 5.78 Å². The smallest absolute Gasteiger partial charge is 0.333 e. The van der Waals surface area contributed by atoms with Gasteiger partial charge in [-0.3, -0.25) is 4.79 Å². The minimum Gasteiger partial charge on any atom is -0.489 e. The number of carbonyl (C=O) groups is 1. The fourth-order valence-corrected chi connectivity index (χ4v) is 2.36. The first-order valence-corrected chi connectivity index (χ1v) is 7.04. The predicted octanol–water partition coefficient (Wildman–Crippen LogP) is 4.21. The predicted molar refractivity (Wildman–Crippen MR) is 81.8 cm³/mol. The molecule has 0 radical (unpaired) electrons. The van der Waals surface area contributed by atoms with Gasteiger partial charge in [-0.1, -0.05) is 30.3 Å². The molecule has 0 atom stereocenters. The van der Waals surface area contributed by atoms with E-state index in [9.17, 15) is 13.6 Å². The first kappa shape index (κ1) is 15.1. The molecule has 118 valence electrons. The molecule has 3 aromatic rings. The number of Topliss-reactive ketones (excluding diaryl/α,β-unsaturated/α-hetero) is 1. The summed E-state index contributed by atoms with van der Waals surface area (Å²) in [6, 6.07) is 14.2. The minimum absolute atomic E-state index is 0.0370. The van der Waals surface area contributed by atoms with E-state index in [2.05, 4.69) is 5.10 Å². The number of nitrogens with zero attached hydrogens (tertiary/aromatic N) is 2. The van der Waals surface area contributed by atoms with E-state index in [-0.39, 0.29) is 17.0 Å². The summed E-state index contributed by atoms with van der Waals surface area (Å²) in [5.74, 6) is 0.0885. The number of ether oxygens (including phenoxy) is 1. The van der Waals surface area contributed by atoms with Crippen molar-refractivity contribution in [1.82, 2.24) is 9.78 Å². The van der Waals surface area contributed by atoms with E-state index in [0.717, 1.165) is 5.56 Å². The van der Waals surface area contributed by atoms with Crippen molar-refractivity contribution in [3.63, 3.8) is 0 Å². The largest absolute Gasteiger partial charge is 0.489 e. The molecule has 0 aliphatic heterocycles. The zero-order chi connectivity index (χ0) is 16.4. The lowest BCUT2D eigenvalue weighted by molar-refractivity contribution is 0.0609. The molecule has 3 rings (SSSR count). The van der Waals surface area contributed by atoms with Crippen LogP contribution in [0.1, 0.15) is 29.5 Å². The standard InChI is InChI=1S/C17H14F2N2O2/c1-11(22)16-14-8-7-13(9-15(14)21(20-16)17(18)19)23-10-12-5-3-2-4-6-12/h2-9,17H,10H2,1H3. The Hall–Kier alpha value is -2.76. The second-order valence-corrected chi connectivity index (χ2v) is 5.08. The highest BCUT2D eigenvalue weighted by molar-refractivity contribution is 6.05. The number of benzene rings is 2. The van der Waals surface area contributed by atoms with Crippen LogP contribution in [-0.4, -0.2) is 15.6 Å². The van der Waals surface area contributed by atoms with Gasteiger partial charge in [0.05, 0.1) is 5.52 Å². The lowest BCUT2D eigenvalue weighted by Gasteiger charge is -2.07. The van der Waals surface area contributed by atoms with E-state index in [4.69, 9.17) is 4.74 Å². The van der Waals surface area contributed by atoms with Crippen LogP contribution in [0.4, 0.5) is 8.78 Å². The van der Waals surface area contributed by atoms with Crippen molar-refractivity contribution < 1.29 is 18.3 Å². The number of hydrogen-bond acceptors (Lipinski definition) is 3. The topological polar surface area (TPSA) is 44.1 Å². The van der Waals surface area contributed by atoms with Crippen molar-refractivity contribution in [2.24, 2.45) is 0 Å². The molecule has 0 saturated heterocycles. The van der Waals surface area contributed by atoms with Gasteiger partial charge in [0.2, 0.25) is 0 Å². The Morgan fingerprint density at radius 2 is 1.96 bits per heavy atom. The summed E-state index contributed by atoms with van der Waals surface area (Å²) in [4.78, 5) is 11.5. The summed E-state index contributed by atoms with van der Waals surface area (Å²) in [7, 11) is 0. The van der Waals surface area contributed by atoms with Gasteiger partial charge in [-0.2, -0.15) is 13.9 Å². The average molecular weight is 316 g/mol. The number of hydrogen-bond donors (Lipinski definition) is 0. The van der Waals surface area contributed by atoms with Gasteiger partial charge in [-0.15, -0.1) is 0 Å². The van der Waals surface area contributed by atoms with Gasteiger partial charge < -0.3 is 4.74 Å². The van der Waals surface area contributed by atoms with Gasteiger partial charge in [0.25, 0.3) is 0 Å². The first-order chi connectivity index (χ1) is 11.1. The molecule has 0 amide bonds. The molecule has 0 N–H and O–H groups in total. The lowest BCUT2D eigenvalue weighted by Crippen LogP contribution is -2.02. The highest BCUT2D eigenvalue weighted by Gasteiger charge is 2.19. The fraction of sp³-hybridized carbons (Fsp3) is 0.176. The summed E-state index contributed by atoms with van der Waals surface area (Å²) < 4.78 is 32.4. The number of rotatable bonds is 5. The van der Waals surface area contributed by atoms with Gasteiger partial charge in [0, 0.05) is 18.4 Å². The second kappa shape index (κ2) is 6.16. The van der Waals surface area contributed by atoms with Gasteiger partial charge in [0.1, 0.15) is 18.1 Å². The van der Waals surface area contributed by atoms with Crippen molar-refractivity contribution >= 4 is 16.7 Å². The molecular weight excluding hydrogens is 302 g/mol. The first-order valence-electron chi connectivity index (χ1n) is 7.04. The summed E-state index contributed by atoms with van der Waals surface area (Å²) >= 11 is 0. The molecule has 1 heterocycles. The third kappa shape index (κ3) is 3.06. The number of alkyl halides is 2. The lowest BCUT2D eigenvalue weighted by atomic mass is 10.1. The van der Waals surface area contributed by atoms with E-state index in [1.54, 1.807) is 12.1 Å².